The van der Waals surface area contributed by atoms with Gasteiger partial charge in [0.2, 0.25) is 17.7 Å². The van der Waals surface area contributed by atoms with E-state index >= 15 is 0 Å². The molecule has 0 bridgehead atoms. The van der Waals surface area contributed by atoms with E-state index in [1.807, 2.05) is 19.1 Å². The Hall–Kier alpha value is -2.69. The fourth-order valence-corrected chi connectivity index (χ4v) is 3.20. The molecule has 3 amide bonds. The third kappa shape index (κ3) is 4.24. The predicted octanol–water partition coefficient (Wildman–Crippen LogP) is 2.43. The zero-order valence-electron chi connectivity index (χ0n) is 14.3. The molecule has 1 heterocycles. The standard InChI is InChI=1S/C20H22N2O3/c1-14(12-15-6-7-16-4-2-3-5-17(16)13-15)21-18(23)10-11-22-19(24)8-9-20(22)25/h2-7,13-14H,8-12H2,1H3,(H,21,23). The second kappa shape index (κ2) is 7.47. The highest BCUT2D eigenvalue weighted by molar-refractivity contribution is 6.02. The van der Waals surface area contributed by atoms with Crippen LogP contribution in [0, 0.1) is 0 Å². The molecule has 1 saturated heterocycles. The molecule has 2 aromatic carbocycles. The minimum Gasteiger partial charge on any atom is -0.353 e. The van der Waals surface area contributed by atoms with Crippen LogP contribution < -0.4 is 5.32 Å². The third-order valence-electron chi connectivity index (χ3n) is 4.48. The Morgan fingerprint density at radius 1 is 1.08 bits per heavy atom. The lowest BCUT2D eigenvalue weighted by atomic mass is 10.0. The molecule has 1 unspecified atom stereocenters. The van der Waals surface area contributed by atoms with Crippen molar-refractivity contribution in [1.29, 1.82) is 0 Å². The Morgan fingerprint density at radius 2 is 1.76 bits per heavy atom. The number of hydrogen-bond acceptors (Lipinski definition) is 3. The minimum atomic E-state index is -0.179. The molecule has 1 N–H and O–H groups in total. The molecule has 5 heteroatoms. The first-order valence-electron chi connectivity index (χ1n) is 8.63. The van der Waals surface area contributed by atoms with Gasteiger partial charge in [0.25, 0.3) is 0 Å². The molecule has 130 valence electrons. The highest BCUT2D eigenvalue weighted by Crippen LogP contribution is 2.17. The molecule has 0 saturated carbocycles. The van der Waals surface area contributed by atoms with Gasteiger partial charge >= 0.3 is 0 Å². The lowest BCUT2D eigenvalue weighted by Crippen LogP contribution is -2.38. The van der Waals surface area contributed by atoms with Crippen molar-refractivity contribution in [3.8, 4) is 0 Å². The number of imide groups is 1. The summed E-state index contributed by atoms with van der Waals surface area (Å²) in [6.07, 6.45) is 1.41. The minimum absolute atomic E-state index is 0.0151. The average Bonchev–Trinajstić information content (AvgIpc) is 2.91. The maximum atomic E-state index is 12.1. The van der Waals surface area contributed by atoms with Gasteiger partial charge in [-0.25, -0.2) is 0 Å². The van der Waals surface area contributed by atoms with Gasteiger partial charge in [-0.05, 0) is 29.7 Å². The lowest BCUT2D eigenvalue weighted by molar-refractivity contribution is -0.138. The molecule has 5 nitrogen and oxygen atoms in total. The van der Waals surface area contributed by atoms with Gasteiger partial charge in [-0.1, -0.05) is 42.5 Å². The summed E-state index contributed by atoms with van der Waals surface area (Å²) in [6.45, 7) is 2.13. The number of nitrogens with one attached hydrogen (secondary N) is 1. The van der Waals surface area contributed by atoms with Crippen LogP contribution >= 0.6 is 0 Å². The fourth-order valence-electron chi connectivity index (χ4n) is 3.20. The van der Waals surface area contributed by atoms with E-state index in [-0.39, 0.29) is 49.6 Å². The number of likely N-dealkylation sites (tertiary alicyclic amines) is 1. The monoisotopic (exact) mass is 338 g/mol. The lowest BCUT2D eigenvalue weighted by Gasteiger charge is -2.17. The van der Waals surface area contributed by atoms with Gasteiger partial charge in [0.05, 0.1) is 0 Å². The summed E-state index contributed by atoms with van der Waals surface area (Å²) in [4.78, 5) is 36.3. The molecular formula is C20H22N2O3. The molecular weight excluding hydrogens is 316 g/mol. The Balaban J connectivity index is 1.50. The number of nitrogens with zero attached hydrogens (tertiary/aromatic N) is 1. The summed E-state index contributed by atoms with van der Waals surface area (Å²) in [5.74, 6) is -0.496. The maximum Gasteiger partial charge on any atom is 0.229 e. The number of hydrogen-bond donors (Lipinski definition) is 1. The summed E-state index contributed by atoms with van der Waals surface area (Å²) in [7, 11) is 0. The quantitative estimate of drug-likeness (QED) is 0.823. The van der Waals surface area contributed by atoms with Gasteiger partial charge in [-0.3, -0.25) is 19.3 Å². The smallest absolute Gasteiger partial charge is 0.229 e. The molecule has 25 heavy (non-hydrogen) atoms. The maximum absolute atomic E-state index is 12.1. The summed E-state index contributed by atoms with van der Waals surface area (Å²) in [5.41, 5.74) is 1.16. The van der Waals surface area contributed by atoms with Gasteiger partial charge in [-0.15, -0.1) is 0 Å². The number of carbonyl (C=O) groups excluding carboxylic acids is 3. The van der Waals surface area contributed by atoms with Crippen LogP contribution in [0.2, 0.25) is 0 Å². The van der Waals surface area contributed by atoms with Gasteiger partial charge < -0.3 is 5.32 Å². The van der Waals surface area contributed by atoms with Crippen LogP contribution in [0.3, 0.4) is 0 Å². The first-order chi connectivity index (χ1) is 12.0. The van der Waals surface area contributed by atoms with Crippen molar-refractivity contribution >= 4 is 28.5 Å². The second-order valence-corrected chi connectivity index (χ2v) is 6.54. The largest absolute Gasteiger partial charge is 0.353 e. The molecule has 0 aromatic heterocycles. The number of amides is 3. The highest BCUT2D eigenvalue weighted by atomic mass is 16.2. The van der Waals surface area contributed by atoms with Crippen molar-refractivity contribution in [2.75, 3.05) is 6.54 Å². The van der Waals surface area contributed by atoms with Crippen molar-refractivity contribution in [1.82, 2.24) is 10.2 Å². The van der Waals surface area contributed by atoms with Crippen molar-refractivity contribution in [2.45, 2.75) is 38.6 Å². The van der Waals surface area contributed by atoms with Crippen LogP contribution in [0.15, 0.2) is 42.5 Å². The van der Waals surface area contributed by atoms with Crippen LogP contribution in [0.4, 0.5) is 0 Å². The molecule has 0 aliphatic carbocycles. The van der Waals surface area contributed by atoms with E-state index in [0.717, 1.165) is 12.0 Å². The Morgan fingerprint density at radius 3 is 2.48 bits per heavy atom. The molecule has 1 aliphatic rings. The Kier molecular flexibility index (Phi) is 5.12. The van der Waals surface area contributed by atoms with Gasteiger partial charge in [0, 0.05) is 31.8 Å². The molecule has 1 fully saturated rings. The number of rotatable bonds is 6. The van der Waals surface area contributed by atoms with Crippen LogP contribution in [0.5, 0.6) is 0 Å². The van der Waals surface area contributed by atoms with Crippen molar-refractivity contribution in [2.24, 2.45) is 0 Å². The number of carbonyl (C=O) groups is 3. The molecule has 0 spiro atoms. The third-order valence-corrected chi connectivity index (χ3v) is 4.48. The van der Waals surface area contributed by atoms with E-state index in [1.165, 1.54) is 15.7 Å². The van der Waals surface area contributed by atoms with Crippen LogP contribution in [-0.4, -0.2) is 35.2 Å². The number of fused-ring (bicyclic) bond motifs is 1. The predicted molar refractivity (Wildman–Crippen MR) is 95.8 cm³/mol. The molecule has 1 atom stereocenters. The first-order valence-corrected chi connectivity index (χ1v) is 8.63. The van der Waals surface area contributed by atoms with E-state index in [0.29, 0.717) is 0 Å². The molecule has 0 radical (unpaired) electrons. The van der Waals surface area contributed by atoms with Gasteiger partial charge in [0.1, 0.15) is 0 Å². The van der Waals surface area contributed by atoms with Gasteiger partial charge in [-0.2, -0.15) is 0 Å². The summed E-state index contributed by atoms with van der Waals surface area (Å²) < 4.78 is 0. The zero-order chi connectivity index (χ0) is 17.8. The fraction of sp³-hybridized carbons (Fsp3) is 0.350. The normalized spacial score (nSPS) is 15.6. The Labute approximate surface area is 147 Å². The summed E-state index contributed by atoms with van der Waals surface area (Å²) >= 11 is 0. The van der Waals surface area contributed by atoms with Crippen molar-refractivity contribution in [3.63, 3.8) is 0 Å². The van der Waals surface area contributed by atoms with E-state index in [2.05, 4.69) is 35.6 Å². The van der Waals surface area contributed by atoms with Crippen molar-refractivity contribution < 1.29 is 14.4 Å². The SMILES string of the molecule is CC(Cc1ccc2ccccc2c1)NC(=O)CCN1C(=O)CCC1=O. The van der Waals surface area contributed by atoms with Crippen molar-refractivity contribution in [3.05, 3.63) is 48.0 Å². The van der Waals surface area contributed by atoms with E-state index < -0.39 is 0 Å². The van der Waals surface area contributed by atoms with E-state index in [1.54, 1.807) is 0 Å². The van der Waals surface area contributed by atoms with Gasteiger partial charge in [0.15, 0.2) is 0 Å². The van der Waals surface area contributed by atoms with Crippen LogP contribution in [0.1, 0.15) is 31.7 Å². The second-order valence-electron chi connectivity index (χ2n) is 6.54. The molecule has 1 aliphatic heterocycles. The topological polar surface area (TPSA) is 66.5 Å². The summed E-state index contributed by atoms with van der Waals surface area (Å²) in [5, 5.41) is 5.32. The number of benzene rings is 2. The summed E-state index contributed by atoms with van der Waals surface area (Å²) in [6, 6.07) is 14.5. The Bertz CT molecular complexity index is 799. The van der Waals surface area contributed by atoms with Crippen LogP contribution in [0.25, 0.3) is 10.8 Å². The molecule has 2 aromatic rings. The van der Waals surface area contributed by atoms with E-state index in [9.17, 15) is 14.4 Å². The zero-order valence-corrected chi connectivity index (χ0v) is 14.3. The highest BCUT2D eigenvalue weighted by Gasteiger charge is 2.28. The first kappa shape index (κ1) is 17.1. The van der Waals surface area contributed by atoms with E-state index in [4.69, 9.17) is 0 Å². The molecule has 3 rings (SSSR count). The average molecular weight is 338 g/mol. The van der Waals surface area contributed by atoms with Crippen LogP contribution in [-0.2, 0) is 20.8 Å².